The molecule has 0 unspecified atom stereocenters. The van der Waals surface area contributed by atoms with Crippen molar-refractivity contribution in [3.05, 3.63) is 54.1 Å². The zero-order chi connectivity index (χ0) is 17.9. The van der Waals surface area contributed by atoms with Crippen molar-refractivity contribution in [1.29, 1.82) is 0 Å². The monoisotopic (exact) mass is 347 g/mol. The highest BCUT2D eigenvalue weighted by Gasteiger charge is 2.28. The van der Waals surface area contributed by atoms with Gasteiger partial charge in [0.05, 0.1) is 5.69 Å². The lowest BCUT2D eigenvalue weighted by molar-refractivity contribution is 0.425. The summed E-state index contributed by atoms with van der Waals surface area (Å²) in [5.41, 5.74) is 3.86. The summed E-state index contributed by atoms with van der Waals surface area (Å²) in [4.78, 5) is 15.1. The van der Waals surface area contributed by atoms with Gasteiger partial charge in [-0.05, 0) is 44.2 Å². The molecule has 0 radical (unpaired) electrons. The van der Waals surface area contributed by atoms with E-state index in [1.54, 1.807) is 12.4 Å². The Labute approximate surface area is 152 Å². The summed E-state index contributed by atoms with van der Waals surface area (Å²) < 4.78 is 0. The van der Waals surface area contributed by atoms with E-state index in [0.717, 1.165) is 48.1 Å². The van der Waals surface area contributed by atoms with Gasteiger partial charge < -0.3 is 10.2 Å². The highest BCUT2D eigenvalue weighted by Crippen LogP contribution is 2.24. The summed E-state index contributed by atoms with van der Waals surface area (Å²) in [6.07, 6.45) is 3.52. The van der Waals surface area contributed by atoms with E-state index in [-0.39, 0.29) is 0 Å². The van der Waals surface area contributed by atoms with Crippen LogP contribution in [0.5, 0.6) is 0 Å². The molecular formula is C19H21N7. The smallest absolute Gasteiger partial charge is 0.223 e. The van der Waals surface area contributed by atoms with Crippen molar-refractivity contribution >= 4 is 11.8 Å². The number of aryl methyl sites for hydroxylation is 2. The molecule has 4 rings (SSSR count). The van der Waals surface area contributed by atoms with Gasteiger partial charge in [0.1, 0.15) is 0 Å². The molecule has 3 aromatic heterocycles. The van der Waals surface area contributed by atoms with Crippen LogP contribution in [0.1, 0.15) is 11.4 Å². The lowest BCUT2D eigenvalue weighted by Crippen LogP contribution is -2.50. The molecule has 132 valence electrons. The summed E-state index contributed by atoms with van der Waals surface area (Å²) in [5.74, 6) is 2.19. The third-order valence-corrected chi connectivity index (χ3v) is 4.44. The van der Waals surface area contributed by atoms with Gasteiger partial charge in [-0.25, -0.2) is 9.97 Å². The molecule has 0 spiro atoms. The number of hydrogen-bond acceptors (Lipinski definition) is 7. The SMILES string of the molecule is Cc1cc(C)nc(NCC2CN(c3ccc(-c4ccncc4)nn3)C2)n1. The van der Waals surface area contributed by atoms with Gasteiger partial charge in [-0.1, -0.05) is 0 Å². The fraction of sp³-hybridized carbons (Fsp3) is 0.316. The van der Waals surface area contributed by atoms with Crippen LogP contribution >= 0.6 is 0 Å². The Morgan fingerprint density at radius 2 is 1.73 bits per heavy atom. The minimum atomic E-state index is 0.557. The van der Waals surface area contributed by atoms with Crippen LogP contribution in [0.15, 0.2) is 42.7 Å². The molecule has 0 aliphatic carbocycles. The van der Waals surface area contributed by atoms with Crippen molar-refractivity contribution in [3.63, 3.8) is 0 Å². The molecule has 3 aromatic rings. The van der Waals surface area contributed by atoms with E-state index < -0.39 is 0 Å². The van der Waals surface area contributed by atoms with Gasteiger partial charge >= 0.3 is 0 Å². The number of nitrogens with one attached hydrogen (secondary N) is 1. The molecule has 0 saturated carbocycles. The first-order chi connectivity index (χ1) is 12.7. The topological polar surface area (TPSA) is 79.7 Å². The van der Waals surface area contributed by atoms with Crippen molar-refractivity contribution in [2.24, 2.45) is 5.92 Å². The van der Waals surface area contributed by atoms with Crippen LogP contribution in [-0.4, -0.2) is 44.8 Å². The second-order valence-corrected chi connectivity index (χ2v) is 6.64. The summed E-state index contributed by atoms with van der Waals surface area (Å²) in [7, 11) is 0. The van der Waals surface area contributed by atoms with Crippen molar-refractivity contribution < 1.29 is 0 Å². The van der Waals surface area contributed by atoms with Crippen LogP contribution in [-0.2, 0) is 0 Å². The number of rotatable bonds is 5. The fourth-order valence-electron chi connectivity index (χ4n) is 3.10. The van der Waals surface area contributed by atoms with Crippen LogP contribution in [0.3, 0.4) is 0 Å². The Kier molecular flexibility index (Phi) is 4.43. The van der Waals surface area contributed by atoms with E-state index in [4.69, 9.17) is 0 Å². The zero-order valence-electron chi connectivity index (χ0n) is 14.9. The summed E-state index contributed by atoms with van der Waals surface area (Å²) in [5, 5.41) is 12.0. The molecule has 1 saturated heterocycles. The van der Waals surface area contributed by atoms with E-state index >= 15 is 0 Å². The number of anilines is 2. The zero-order valence-corrected chi connectivity index (χ0v) is 14.9. The predicted octanol–water partition coefficient (Wildman–Crippen LogP) is 2.49. The standard InChI is InChI=1S/C19H21N7/c1-13-9-14(2)23-19(22-13)21-10-15-11-26(12-15)18-4-3-17(24-25-18)16-5-7-20-8-6-16/h3-9,15H,10-12H2,1-2H3,(H,21,22,23). The summed E-state index contributed by atoms with van der Waals surface area (Å²) in [6, 6.07) is 9.88. The maximum Gasteiger partial charge on any atom is 0.223 e. The Morgan fingerprint density at radius 1 is 1.00 bits per heavy atom. The minimum Gasteiger partial charge on any atom is -0.354 e. The molecule has 26 heavy (non-hydrogen) atoms. The average Bonchev–Trinajstić information content (AvgIpc) is 2.61. The molecule has 1 fully saturated rings. The van der Waals surface area contributed by atoms with Crippen LogP contribution in [0.2, 0.25) is 0 Å². The lowest BCUT2D eigenvalue weighted by atomic mass is 10.0. The number of pyridine rings is 1. The third-order valence-electron chi connectivity index (χ3n) is 4.44. The molecule has 7 nitrogen and oxygen atoms in total. The highest BCUT2D eigenvalue weighted by atomic mass is 15.3. The van der Waals surface area contributed by atoms with Gasteiger partial charge in [0.2, 0.25) is 5.95 Å². The minimum absolute atomic E-state index is 0.557. The van der Waals surface area contributed by atoms with Crippen molar-refractivity contribution in [3.8, 4) is 11.3 Å². The second-order valence-electron chi connectivity index (χ2n) is 6.64. The summed E-state index contributed by atoms with van der Waals surface area (Å²) in [6.45, 7) is 6.75. The largest absolute Gasteiger partial charge is 0.354 e. The average molecular weight is 347 g/mol. The number of aromatic nitrogens is 5. The van der Waals surface area contributed by atoms with E-state index in [2.05, 4.69) is 35.4 Å². The Hall–Kier alpha value is -3.09. The molecule has 4 heterocycles. The quantitative estimate of drug-likeness (QED) is 0.759. The molecule has 0 bridgehead atoms. The van der Waals surface area contributed by atoms with E-state index in [1.165, 1.54) is 0 Å². The second kappa shape index (κ2) is 7.03. The fourth-order valence-corrected chi connectivity index (χ4v) is 3.10. The van der Waals surface area contributed by atoms with Crippen LogP contribution in [0, 0.1) is 19.8 Å². The van der Waals surface area contributed by atoms with Crippen molar-refractivity contribution in [2.45, 2.75) is 13.8 Å². The maximum atomic E-state index is 4.42. The molecular weight excluding hydrogens is 326 g/mol. The molecule has 1 aliphatic rings. The molecule has 0 aromatic carbocycles. The molecule has 0 atom stereocenters. The van der Waals surface area contributed by atoms with E-state index in [0.29, 0.717) is 11.9 Å². The summed E-state index contributed by atoms with van der Waals surface area (Å²) >= 11 is 0. The van der Waals surface area contributed by atoms with Crippen molar-refractivity contribution in [1.82, 2.24) is 25.1 Å². The predicted molar refractivity (Wildman–Crippen MR) is 101 cm³/mol. The number of hydrogen-bond donors (Lipinski definition) is 1. The van der Waals surface area contributed by atoms with Crippen LogP contribution in [0.25, 0.3) is 11.3 Å². The maximum absolute atomic E-state index is 4.42. The normalized spacial score (nSPS) is 14.2. The Bertz CT molecular complexity index is 854. The van der Waals surface area contributed by atoms with E-state index in [9.17, 15) is 0 Å². The first kappa shape index (κ1) is 16.4. The number of nitrogens with zero attached hydrogens (tertiary/aromatic N) is 6. The Morgan fingerprint density at radius 3 is 2.38 bits per heavy atom. The van der Waals surface area contributed by atoms with Gasteiger partial charge in [0.25, 0.3) is 0 Å². The third kappa shape index (κ3) is 3.61. The Balaban J connectivity index is 1.30. The van der Waals surface area contributed by atoms with Gasteiger partial charge in [0, 0.05) is 54.9 Å². The highest BCUT2D eigenvalue weighted by molar-refractivity contribution is 5.59. The van der Waals surface area contributed by atoms with Gasteiger partial charge in [-0.3, -0.25) is 4.98 Å². The molecule has 0 amide bonds. The van der Waals surface area contributed by atoms with Gasteiger partial charge in [-0.2, -0.15) is 0 Å². The first-order valence-electron chi connectivity index (χ1n) is 8.72. The van der Waals surface area contributed by atoms with Crippen LogP contribution in [0.4, 0.5) is 11.8 Å². The van der Waals surface area contributed by atoms with Gasteiger partial charge in [0.15, 0.2) is 5.82 Å². The van der Waals surface area contributed by atoms with E-state index in [1.807, 2.05) is 44.2 Å². The molecule has 7 heteroatoms. The first-order valence-corrected chi connectivity index (χ1v) is 8.72. The van der Waals surface area contributed by atoms with Gasteiger partial charge in [-0.15, -0.1) is 10.2 Å². The molecule has 1 aliphatic heterocycles. The molecule has 1 N–H and O–H groups in total. The lowest BCUT2D eigenvalue weighted by Gasteiger charge is -2.39. The van der Waals surface area contributed by atoms with Crippen molar-refractivity contribution in [2.75, 3.05) is 29.9 Å². The van der Waals surface area contributed by atoms with Crippen LogP contribution < -0.4 is 10.2 Å².